The summed E-state index contributed by atoms with van der Waals surface area (Å²) in [5.41, 5.74) is 0.644. The van der Waals surface area contributed by atoms with Crippen LogP contribution >= 0.6 is 0 Å². The molecule has 2 atom stereocenters. The van der Waals surface area contributed by atoms with E-state index in [-0.39, 0.29) is 11.6 Å². The van der Waals surface area contributed by atoms with Crippen molar-refractivity contribution in [2.75, 3.05) is 39.8 Å². The normalized spacial score (nSPS) is 26.9. The van der Waals surface area contributed by atoms with Gasteiger partial charge >= 0.3 is 6.18 Å². The van der Waals surface area contributed by atoms with Crippen molar-refractivity contribution in [3.05, 3.63) is 35.4 Å². The molecule has 0 radical (unpaired) electrons. The molecule has 2 fully saturated rings. The Morgan fingerprint density at radius 2 is 1.63 bits per heavy atom. The Kier molecular flexibility index (Phi) is 5.90. The lowest BCUT2D eigenvalue weighted by atomic mass is 9.86. The number of likely N-dealkylation sites (tertiary alicyclic amines) is 1. The molecule has 3 rings (SSSR count). The van der Waals surface area contributed by atoms with Crippen LogP contribution in [0, 0.1) is 0 Å². The third-order valence-electron chi connectivity index (χ3n) is 6.72. The second-order valence-corrected chi connectivity index (χ2v) is 8.63. The number of halogens is 3. The van der Waals surface area contributed by atoms with E-state index >= 15 is 0 Å². The first-order valence-electron chi connectivity index (χ1n) is 9.97. The molecule has 0 spiro atoms. The summed E-state index contributed by atoms with van der Waals surface area (Å²) in [6.45, 7) is 12.0. The van der Waals surface area contributed by atoms with Crippen molar-refractivity contribution < 1.29 is 13.2 Å². The summed E-state index contributed by atoms with van der Waals surface area (Å²) in [5.74, 6) is 0. The molecule has 0 aliphatic carbocycles. The minimum atomic E-state index is -4.27. The largest absolute Gasteiger partial charge is 0.416 e. The molecule has 6 heteroatoms. The minimum Gasteiger partial charge on any atom is -0.306 e. The quantitative estimate of drug-likeness (QED) is 0.772. The van der Waals surface area contributed by atoms with Gasteiger partial charge in [-0.1, -0.05) is 12.1 Å². The maximum absolute atomic E-state index is 12.8. The minimum absolute atomic E-state index is 0.120. The fraction of sp³-hybridized carbons (Fsp3) is 0.714. The first kappa shape index (κ1) is 20.6. The van der Waals surface area contributed by atoms with Crippen molar-refractivity contribution in [2.24, 2.45) is 0 Å². The molecule has 0 amide bonds. The standard InChI is InChI=1S/C21H32F3N3/c1-16-15-26(20(3)9-11-25(4)12-10-20)13-14-27(16)17(2)18-5-7-19(8-6-18)21(22,23)24/h5-8,16-17H,9-15H2,1-4H3/t16-,17-/m0/s1. The number of benzene rings is 1. The average molecular weight is 384 g/mol. The Balaban J connectivity index is 1.64. The number of hydrogen-bond donors (Lipinski definition) is 0. The van der Waals surface area contributed by atoms with Crippen LogP contribution in [0.5, 0.6) is 0 Å². The number of nitrogens with zero attached hydrogens (tertiary/aromatic N) is 3. The smallest absolute Gasteiger partial charge is 0.306 e. The molecule has 2 aliphatic heterocycles. The Morgan fingerprint density at radius 3 is 2.15 bits per heavy atom. The molecule has 1 aromatic rings. The maximum Gasteiger partial charge on any atom is 0.416 e. The molecule has 0 aromatic heterocycles. The van der Waals surface area contributed by atoms with Crippen molar-refractivity contribution in [2.45, 2.75) is 57.4 Å². The fourth-order valence-electron chi connectivity index (χ4n) is 4.60. The maximum atomic E-state index is 12.8. The van der Waals surface area contributed by atoms with Crippen molar-refractivity contribution in [1.82, 2.24) is 14.7 Å². The highest BCUT2D eigenvalue weighted by atomic mass is 19.4. The molecule has 0 N–H and O–H groups in total. The Bertz CT molecular complexity index is 621. The van der Waals surface area contributed by atoms with Crippen LogP contribution in [0.1, 0.15) is 50.8 Å². The molecule has 3 nitrogen and oxygen atoms in total. The van der Waals surface area contributed by atoms with Gasteiger partial charge in [0.2, 0.25) is 0 Å². The predicted molar refractivity (Wildman–Crippen MR) is 103 cm³/mol. The van der Waals surface area contributed by atoms with Crippen molar-refractivity contribution >= 4 is 0 Å². The Hall–Kier alpha value is -1.11. The number of alkyl halides is 3. The summed E-state index contributed by atoms with van der Waals surface area (Å²) in [4.78, 5) is 7.46. The molecule has 2 saturated heterocycles. The molecular weight excluding hydrogens is 351 g/mol. The van der Waals surface area contributed by atoms with Crippen LogP contribution in [-0.2, 0) is 6.18 Å². The van der Waals surface area contributed by atoms with Gasteiger partial charge in [-0.2, -0.15) is 13.2 Å². The van der Waals surface area contributed by atoms with Crippen LogP contribution < -0.4 is 0 Å². The van der Waals surface area contributed by atoms with Crippen LogP contribution in [0.15, 0.2) is 24.3 Å². The molecule has 0 saturated carbocycles. The fourth-order valence-corrected chi connectivity index (χ4v) is 4.60. The van der Waals surface area contributed by atoms with Gasteiger partial charge in [-0.15, -0.1) is 0 Å². The molecule has 152 valence electrons. The first-order valence-corrected chi connectivity index (χ1v) is 9.97. The summed E-state index contributed by atoms with van der Waals surface area (Å²) in [7, 11) is 2.19. The van der Waals surface area contributed by atoms with E-state index < -0.39 is 11.7 Å². The molecule has 2 aliphatic rings. The van der Waals surface area contributed by atoms with E-state index in [1.807, 2.05) is 0 Å². The predicted octanol–water partition coefficient (Wildman–Crippen LogP) is 4.26. The van der Waals surface area contributed by atoms with Crippen molar-refractivity contribution in [3.63, 3.8) is 0 Å². The number of rotatable bonds is 3. The van der Waals surface area contributed by atoms with Crippen LogP contribution in [0.2, 0.25) is 0 Å². The highest BCUT2D eigenvalue weighted by molar-refractivity contribution is 5.26. The van der Waals surface area contributed by atoms with E-state index in [9.17, 15) is 13.2 Å². The lowest BCUT2D eigenvalue weighted by Crippen LogP contribution is -2.61. The monoisotopic (exact) mass is 383 g/mol. The highest BCUT2D eigenvalue weighted by Crippen LogP contribution is 2.34. The van der Waals surface area contributed by atoms with Gasteiger partial charge in [0.05, 0.1) is 5.56 Å². The van der Waals surface area contributed by atoms with E-state index in [1.165, 1.54) is 25.0 Å². The van der Waals surface area contributed by atoms with Crippen molar-refractivity contribution in [1.29, 1.82) is 0 Å². The third kappa shape index (κ3) is 4.49. The van der Waals surface area contributed by atoms with Gasteiger partial charge < -0.3 is 4.90 Å². The Labute approximate surface area is 161 Å². The van der Waals surface area contributed by atoms with E-state index in [0.29, 0.717) is 6.04 Å². The topological polar surface area (TPSA) is 9.72 Å². The van der Waals surface area contributed by atoms with Gasteiger partial charge in [0.15, 0.2) is 0 Å². The van der Waals surface area contributed by atoms with Crippen LogP contribution in [0.3, 0.4) is 0 Å². The zero-order valence-electron chi connectivity index (χ0n) is 16.9. The summed E-state index contributed by atoms with van der Waals surface area (Å²) >= 11 is 0. The second kappa shape index (κ2) is 7.72. The van der Waals surface area contributed by atoms with Gasteiger partial charge in [-0.3, -0.25) is 9.80 Å². The molecule has 1 aromatic carbocycles. The SMILES string of the molecule is C[C@H]1CN(C2(C)CCN(C)CC2)CCN1[C@@H](C)c1ccc(C(F)(F)F)cc1. The van der Waals surface area contributed by atoms with Gasteiger partial charge in [-0.05, 0) is 71.4 Å². The third-order valence-corrected chi connectivity index (χ3v) is 6.72. The van der Waals surface area contributed by atoms with Crippen LogP contribution in [0.25, 0.3) is 0 Å². The summed E-state index contributed by atoms with van der Waals surface area (Å²) in [5, 5.41) is 0. The second-order valence-electron chi connectivity index (χ2n) is 8.63. The Morgan fingerprint density at radius 1 is 1.04 bits per heavy atom. The highest BCUT2D eigenvalue weighted by Gasteiger charge is 2.39. The van der Waals surface area contributed by atoms with Crippen LogP contribution in [0.4, 0.5) is 13.2 Å². The number of piperazine rings is 1. The van der Waals surface area contributed by atoms with E-state index in [0.717, 1.165) is 38.3 Å². The van der Waals surface area contributed by atoms with E-state index in [1.54, 1.807) is 12.1 Å². The summed E-state index contributed by atoms with van der Waals surface area (Å²) in [6.07, 6.45) is -1.88. The first-order chi connectivity index (χ1) is 12.6. The van der Waals surface area contributed by atoms with Gasteiger partial charge in [0, 0.05) is 37.3 Å². The zero-order valence-corrected chi connectivity index (χ0v) is 16.9. The summed E-state index contributed by atoms with van der Waals surface area (Å²) in [6, 6.07) is 6.16. The van der Waals surface area contributed by atoms with Crippen LogP contribution in [-0.4, -0.2) is 66.1 Å². The molecular formula is C21H32F3N3. The van der Waals surface area contributed by atoms with E-state index in [2.05, 4.69) is 42.5 Å². The van der Waals surface area contributed by atoms with E-state index in [4.69, 9.17) is 0 Å². The number of piperidine rings is 1. The lowest BCUT2D eigenvalue weighted by molar-refractivity contribution is -0.137. The molecule has 0 bridgehead atoms. The molecule has 2 heterocycles. The van der Waals surface area contributed by atoms with Gasteiger partial charge in [0.25, 0.3) is 0 Å². The molecule has 27 heavy (non-hydrogen) atoms. The lowest BCUT2D eigenvalue weighted by Gasteiger charge is -2.52. The van der Waals surface area contributed by atoms with Crippen molar-refractivity contribution in [3.8, 4) is 0 Å². The average Bonchev–Trinajstić information content (AvgIpc) is 2.63. The van der Waals surface area contributed by atoms with Gasteiger partial charge in [0.1, 0.15) is 0 Å². The summed E-state index contributed by atoms with van der Waals surface area (Å²) < 4.78 is 38.4. The zero-order chi connectivity index (χ0) is 19.8. The van der Waals surface area contributed by atoms with Gasteiger partial charge in [-0.25, -0.2) is 0 Å². The molecule has 0 unspecified atom stereocenters. The number of hydrogen-bond acceptors (Lipinski definition) is 3.